The highest BCUT2D eigenvalue weighted by atomic mass is 32.2. The third kappa shape index (κ3) is 6.04. The second-order valence-electron chi connectivity index (χ2n) is 6.58. The molecule has 1 aromatic carbocycles. The molecule has 1 aromatic rings. The van der Waals surface area contributed by atoms with E-state index in [0.29, 0.717) is 25.3 Å². The van der Waals surface area contributed by atoms with Crippen molar-refractivity contribution in [2.24, 2.45) is 4.99 Å². The van der Waals surface area contributed by atoms with Crippen LogP contribution in [0.3, 0.4) is 0 Å². The largest absolute Gasteiger partial charge is 0.466 e. The Bertz CT molecular complexity index is 777. The van der Waals surface area contributed by atoms with E-state index in [2.05, 4.69) is 11.9 Å². The molecule has 0 aromatic heterocycles. The highest BCUT2D eigenvalue weighted by Crippen LogP contribution is 2.32. The second-order valence-corrected chi connectivity index (χ2v) is 8.41. The number of hydrogen-bond donors (Lipinski definition) is 0. The SMILES string of the molecule is CCCCCCOCCCN1C(CC(=O)OCC)=Nc2ccccc2S1(=O)=O. The number of fused-ring (bicyclic) bond motifs is 1. The summed E-state index contributed by atoms with van der Waals surface area (Å²) in [6, 6.07) is 6.56. The van der Waals surface area contributed by atoms with Gasteiger partial charge in [0.2, 0.25) is 0 Å². The molecule has 2 rings (SSSR count). The molecular formula is C20H30N2O5S. The maximum absolute atomic E-state index is 13.0. The van der Waals surface area contributed by atoms with Crippen molar-refractivity contribution in [3.63, 3.8) is 0 Å². The Morgan fingerprint density at radius 2 is 1.82 bits per heavy atom. The zero-order chi connectivity index (χ0) is 20.4. The summed E-state index contributed by atoms with van der Waals surface area (Å²) in [6.07, 6.45) is 4.87. The minimum Gasteiger partial charge on any atom is -0.466 e. The lowest BCUT2D eigenvalue weighted by Crippen LogP contribution is -2.41. The van der Waals surface area contributed by atoms with Gasteiger partial charge in [0.1, 0.15) is 17.2 Å². The molecule has 0 bridgehead atoms. The number of para-hydroxylation sites is 1. The Labute approximate surface area is 167 Å². The molecule has 1 aliphatic rings. The van der Waals surface area contributed by atoms with Gasteiger partial charge in [-0.25, -0.2) is 13.4 Å². The Kier molecular flexibility index (Phi) is 8.92. The van der Waals surface area contributed by atoms with Crippen molar-refractivity contribution in [1.29, 1.82) is 0 Å². The van der Waals surface area contributed by atoms with Gasteiger partial charge >= 0.3 is 5.97 Å². The number of ether oxygens (including phenoxy) is 2. The number of carbonyl (C=O) groups excluding carboxylic acids is 1. The zero-order valence-electron chi connectivity index (χ0n) is 16.7. The van der Waals surface area contributed by atoms with Gasteiger partial charge in [0.05, 0.1) is 12.3 Å². The quantitative estimate of drug-likeness (QED) is 0.388. The Morgan fingerprint density at radius 1 is 1.07 bits per heavy atom. The molecule has 0 N–H and O–H groups in total. The molecule has 0 saturated heterocycles. The lowest BCUT2D eigenvalue weighted by molar-refractivity contribution is -0.141. The molecule has 0 atom stereocenters. The van der Waals surface area contributed by atoms with Crippen LogP contribution in [0.15, 0.2) is 34.2 Å². The van der Waals surface area contributed by atoms with Crippen molar-refractivity contribution in [3.05, 3.63) is 24.3 Å². The minimum absolute atomic E-state index is 0.156. The lowest BCUT2D eigenvalue weighted by Gasteiger charge is -2.29. The van der Waals surface area contributed by atoms with E-state index >= 15 is 0 Å². The maximum Gasteiger partial charge on any atom is 0.313 e. The molecule has 0 amide bonds. The van der Waals surface area contributed by atoms with Gasteiger partial charge in [0.25, 0.3) is 10.0 Å². The summed E-state index contributed by atoms with van der Waals surface area (Å²) in [6.45, 7) is 5.47. The predicted molar refractivity (Wildman–Crippen MR) is 108 cm³/mol. The first-order valence-corrected chi connectivity index (χ1v) is 11.4. The van der Waals surface area contributed by atoms with Crippen molar-refractivity contribution >= 4 is 27.5 Å². The first-order chi connectivity index (χ1) is 13.5. The molecule has 0 fully saturated rings. The van der Waals surface area contributed by atoms with Crippen LogP contribution < -0.4 is 0 Å². The number of nitrogens with zero attached hydrogens (tertiary/aromatic N) is 2. The Hall–Kier alpha value is -1.93. The van der Waals surface area contributed by atoms with E-state index < -0.39 is 16.0 Å². The molecule has 0 unspecified atom stereocenters. The molecule has 0 aliphatic carbocycles. The van der Waals surface area contributed by atoms with Crippen LogP contribution in [0.2, 0.25) is 0 Å². The van der Waals surface area contributed by atoms with E-state index in [4.69, 9.17) is 9.47 Å². The van der Waals surface area contributed by atoms with E-state index in [0.717, 1.165) is 12.8 Å². The highest BCUT2D eigenvalue weighted by Gasteiger charge is 2.34. The van der Waals surface area contributed by atoms with Gasteiger partial charge in [-0.15, -0.1) is 0 Å². The first-order valence-electron chi connectivity index (χ1n) is 9.93. The maximum atomic E-state index is 13.0. The Morgan fingerprint density at radius 3 is 2.57 bits per heavy atom. The Balaban J connectivity index is 2.03. The number of amidine groups is 1. The monoisotopic (exact) mass is 410 g/mol. The molecule has 0 saturated carbocycles. The summed E-state index contributed by atoms with van der Waals surface area (Å²) in [5, 5.41) is 0. The van der Waals surface area contributed by atoms with E-state index in [9.17, 15) is 13.2 Å². The van der Waals surface area contributed by atoms with Crippen LogP contribution in [0, 0.1) is 0 Å². The van der Waals surface area contributed by atoms with E-state index in [-0.39, 0.29) is 30.3 Å². The molecule has 0 radical (unpaired) electrons. The van der Waals surface area contributed by atoms with Crippen molar-refractivity contribution in [2.45, 2.75) is 57.3 Å². The molecule has 1 heterocycles. The van der Waals surface area contributed by atoms with Crippen LogP contribution in [0.4, 0.5) is 5.69 Å². The molecule has 1 aliphatic heterocycles. The third-order valence-electron chi connectivity index (χ3n) is 4.37. The van der Waals surface area contributed by atoms with E-state index in [1.807, 2.05) is 0 Å². The highest BCUT2D eigenvalue weighted by molar-refractivity contribution is 7.90. The standard InChI is InChI=1S/C20H30N2O5S/c1-3-5-6-9-14-26-15-10-13-22-19(16-20(23)27-4-2)21-17-11-7-8-12-18(17)28(22,24)25/h7-8,11-12H,3-6,9-10,13-16H2,1-2H3. The van der Waals surface area contributed by atoms with Gasteiger partial charge in [0.15, 0.2) is 0 Å². The van der Waals surface area contributed by atoms with Crippen molar-refractivity contribution in [3.8, 4) is 0 Å². The van der Waals surface area contributed by atoms with Crippen molar-refractivity contribution < 1.29 is 22.7 Å². The average Bonchev–Trinajstić information content (AvgIpc) is 2.66. The fraction of sp³-hybridized carbons (Fsp3) is 0.600. The second kappa shape index (κ2) is 11.2. The summed E-state index contributed by atoms with van der Waals surface area (Å²) in [7, 11) is -3.76. The van der Waals surface area contributed by atoms with Crippen LogP contribution in [0.1, 0.15) is 52.4 Å². The number of aliphatic imine (C=N–C) groups is 1. The summed E-state index contributed by atoms with van der Waals surface area (Å²) < 4.78 is 37.9. The normalized spacial score (nSPS) is 15.1. The predicted octanol–water partition coefficient (Wildman–Crippen LogP) is 3.66. The van der Waals surface area contributed by atoms with Gasteiger partial charge in [-0.1, -0.05) is 38.3 Å². The van der Waals surface area contributed by atoms with Crippen LogP contribution in [0.25, 0.3) is 0 Å². The molecule has 28 heavy (non-hydrogen) atoms. The third-order valence-corrected chi connectivity index (χ3v) is 6.25. The summed E-state index contributed by atoms with van der Waals surface area (Å²) >= 11 is 0. The molecular weight excluding hydrogens is 380 g/mol. The summed E-state index contributed by atoms with van der Waals surface area (Å²) in [5.41, 5.74) is 0.352. The summed E-state index contributed by atoms with van der Waals surface area (Å²) in [5.74, 6) is -0.298. The molecule has 7 nitrogen and oxygen atoms in total. The van der Waals surface area contributed by atoms with E-state index in [1.165, 1.54) is 23.2 Å². The van der Waals surface area contributed by atoms with Crippen molar-refractivity contribution in [1.82, 2.24) is 4.31 Å². The van der Waals surface area contributed by atoms with Gasteiger partial charge in [-0.2, -0.15) is 0 Å². The van der Waals surface area contributed by atoms with Gasteiger partial charge in [-0.3, -0.25) is 9.10 Å². The van der Waals surface area contributed by atoms with Crippen LogP contribution in [-0.4, -0.2) is 50.9 Å². The molecule has 0 spiro atoms. The van der Waals surface area contributed by atoms with Gasteiger partial charge in [-0.05, 0) is 31.9 Å². The number of carbonyl (C=O) groups is 1. The molecule has 8 heteroatoms. The topological polar surface area (TPSA) is 85.3 Å². The number of unbranched alkanes of at least 4 members (excludes halogenated alkanes) is 3. The first kappa shape index (κ1) is 22.4. The number of esters is 1. The fourth-order valence-electron chi connectivity index (χ4n) is 2.98. The van der Waals surface area contributed by atoms with Gasteiger partial charge < -0.3 is 9.47 Å². The van der Waals surface area contributed by atoms with E-state index in [1.54, 1.807) is 25.1 Å². The van der Waals surface area contributed by atoms with Crippen LogP contribution >= 0.6 is 0 Å². The smallest absolute Gasteiger partial charge is 0.313 e. The number of benzene rings is 1. The van der Waals surface area contributed by atoms with Gasteiger partial charge in [0, 0.05) is 19.8 Å². The lowest BCUT2D eigenvalue weighted by atomic mass is 10.2. The molecule has 156 valence electrons. The fourth-order valence-corrected chi connectivity index (χ4v) is 4.60. The zero-order valence-corrected chi connectivity index (χ0v) is 17.5. The van der Waals surface area contributed by atoms with Crippen molar-refractivity contribution in [2.75, 3.05) is 26.4 Å². The minimum atomic E-state index is -3.76. The number of sulfonamides is 1. The summed E-state index contributed by atoms with van der Waals surface area (Å²) in [4.78, 5) is 16.5. The average molecular weight is 411 g/mol. The van der Waals surface area contributed by atoms with Crippen LogP contribution in [-0.2, 0) is 24.3 Å². The number of rotatable bonds is 12. The number of hydrogen-bond acceptors (Lipinski definition) is 6. The van der Waals surface area contributed by atoms with Crippen LogP contribution in [0.5, 0.6) is 0 Å².